The van der Waals surface area contributed by atoms with E-state index in [2.05, 4.69) is 19.2 Å². The van der Waals surface area contributed by atoms with Crippen LogP contribution in [0.25, 0.3) is 0 Å². The van der Waals surface area contributed by atoms with Gasteiger partial charge in [-0.3, -0.25) is 10.1 Å². The molecule has 3 atom stereocenters. The molecule has 1 amide bonds. The van der Waals surface area contributed by atoms with Crippen LogP contribution < -0.4 is 5.32 Å². The van der Waals surface area contributed by atoms with Crippen molar-refractivity contribution >= 4 is 5.91 Å². The van der Waals surface area contributed by atoms with Crippen molar-refractivity contribution in [3.8, 4) is 0 Å². The summed E-state index contributed by atoms with van der Waals surface area (Å²) in [6, 6.07) is 0.328. The van der Waals surface area contributed by atoms with E-state index in [1.165, 1.54) is 0 Å². The van der Waals surface area contributed by atoms with Gasteiger partial charge in [-0.25, -0.2) is 0 Å². The second kappa shape index (κ2) is 4.49. The van der Waals surface area contributed by atoms with E-state index in [1.807, 2.05) is 4.90 Å². The second-order valence-electron chi connectivity index (χ2n) is 4.55. The molecular weight excluding hydrogens is 192 g/mol. The number of carbonyl (C=O) groups excluding carboxylic acids is 1. The molecule has 2 rings (SSSR count). The summed E-state index contributed by atoms with van der Waals surface area (Å²) in [4.78, 5) is 14.0. The summed E-state index contributed by atoms with van der Waals surface area (Å²) in [6.45, 7) is 6.45. The number of nitrogens with zero attached hydrogens (tertiary/aromatic N) is 1. The standard InChI is InChI=1S/C11H20N2O2/c1-3-8(2)10-11(14)13(7-12-10)9-4-5-15-6-9/h8-10,12H,3-7H2,1-2H3. The van der Waals surface area contributed by atoms with E-state index in [-0.39, 0.29) is 11.9 Å². The van der Waals surface area contributed by atoms with Crippen LogP contribution in [0, 0.1) is 5.92 Å². The summed E-state index contributed by atoms with van der Waals surface area (Å²) in [7, 11) is 0. The van der Waals surface area contributed by atoms with Crippen molar-refractivity contribution in [3.63, 3.8) is 0 Å². The van der Waals surface area contributed by atoms with Gasteiger partial charge in [0.25, 0.3) is 0 Å². The lowest BCUT2D eigenvalue weighted by Crippen LogP contribution is -2.40. The highest BCUT2D eigenvalue weighted by atomic mass is 16.5. The maximum absolute atomic E-state index is 12.1. The zero-order valence-electron chi connectivity index (χ0n) is 9.53. The Bertz CT molecular complexity index is 239. The molecule has 0 aromatic heterocycles. The van der Waals surface area contributed by atoms with Gasteiger partial charge in [-0.15, -0.1) is 0 Å². The zero-order chi connectivity index (χ0) is 10.8. The van der Waals surface area contributed by atoms with E-state index in [9.17, 15) is 4.79 Å². The predicted octanol–water partition coefficient (Wildman–Crippen LogP) is 0.579. The van der Waals surface area contributed by atoms with Crippen LogP contribution in [0.1, 0.15) is 26.7 Å². The Labute approximate surface area is 91.0 Å². The maximum atomic E-state index is 12.1. The lowest BCUT2D eigenvalue weighted by molar-refractivity contribution is -0.131. The van der Waals surface area contributed by atoms with E-state index >= 15 is 0 Å². The molecule has 3 unspecified atom stereocenters. The zero-order valence-corrected chi connectivity index (χ0v) is 9.53. The topological polar surface area (TPSA) is 41.6 Å². The molecule has 0 saturated carbocycles. The number of ether oxygens (including phenoxy) is 1. The molecule has 4 heteroatoms. The smallest absolute Gasteiger partial charge is 0.241 e. The number of hydrogen-bond donors (Lipinski definition) is 1. The van der Waals surface area contributed by atoms with Crippen LogP contribution in [0.4, 0.5) is 0 Å². The molecular formula is C11H20N2O2. The van der Waals surface area contributed by atoms with Crippen molar-refractivity contribution < 1.29 is 9.53 Å². The van der Waals surface area contributed by atoms with Crippen molar-refractivity contribution in [1.29, 1.82) is 0 Å². The number of nitrogens with one attached hydrogen (secondary N) is 1. The Morgan fingerprint density at radius 2 is 2.47 bits per heavy atom. The van der Waals surface area contributed by atoms with Gasteiger partial charge in [-0.1, -0.05) is 20.3 Å². The summed E-state index contributed by atoms with van der Waals surface area (Å²) in [5.74, 6) is 0.685. The molecule has 2 aliphatic rings. The van der Waals surface area contributed by atoms with Gasteiger partial charge in [0, 0.05) is 6.61 Å². The van der Waals surface area contributed by atoms with Crippen LogP contribution in [0.2, 0.25) is 0 Å². The molecule has 0 aromatic rings. The molecule has 2 saturated heterocycles. The summed E-state index contributed by atoms with van der Waals surface area (Å²) in [6.07, 6.45) is 2.03. The number of carbonyl (C=O) groups is 1. The van der Waals surface area contributed by atoms with Gasteiger partial charge in [-0.05, 0) is 12.3 Å². The summed E-state index contributed by atoms with van der Waals surface area (Å²) in [5, 5.41) is 3.30. The fourth-order valence-corrected chi connectivity index (χ4v) is 2.30. The van der Waals surface area contributed by atoms with Crippen molar-refractivity contribution in [1.82, 2.24) is 10.2 Å². The van der Waals surface area contributed by atoms with Crippen LogP contribution in [0.3, 0.4) is 0 Å². The average Bonchev–Trinajstić information content (AvgIpc) is 2.85. The third-order valence-electron chi connectivity index (χ3n) is 3.59. The van der Waals surface area contributed by atoms with E-state index in [4.69, 9.17) is 4.74 Å². The minimum atomic E-state index is 0.0237. The van der Waals surface area contributed by atoms with Crippen molar-refractivity contribution in [2.24, 2.45) is 5.92 Å². The molecule has 1 N–H and O–H groups in total. The van der Waals surface area contributed by atoms with Crippen LogP contribution in [-0.2, 0) is 9.53 Å². The first kappa shape index (κ1) is 10.9. The first-order valence-electron chi connectivity index (χ1n) is 5.85. The van der Waals surface area contributed by atoms with Crippen molar-refractivity contribution in [3.05, 3.63) is 0 Å². The van der Waals surface area contributed by atoms with Gasteiger partial charge in [0.05, 0.1) is 25.4 Å². The third-order valence-corrected chi connectivity index (χ3v) is 3.59. The van der Waals surface area contributed by atoms with E-state index in [0.29, 0.717) is 25.2 Å². The molecule has 86 valence electrons. The maximum Gasteiger partial charge on any atom is 0.241 e. The number of rotatable bonds is 3. The highest BCUT2D eigenvalue weighted by Gasteiger charge is 2.38. The molecule has 0 aliphatic carbocycles. The molecule has 2 fully saturated rings. The minimum Gasteiger partial charge on any atom is -0.379 e. The van der Waals surface area contributed by atoms with Gasteiger partial charge in [-0.2, -0.15) is 0 Å². The molecule has 0 bridgehead atoms. The predicted molar refractivity (Wildman–Crippen MR) is 57.3 cm³/mol. The van der Waals surface area contributed by atoms with Gasteiger partial charge in [0.2, 0.25) is 5.91 Å². The monoisotopic (exact) mass is 212 g/mol. The fraction of sp³-hybridized carbons (Fsp3) is 0.909. The third kappa shape index (κ3) is 2.01. The Hall–Kier alpha value is -0.610. The highest BCUT2D eigenvalue weighted by molar-refractivity contribution is 5.84. The van der Waals surface area contributed by atoms with E-state index < -0.39 is 0 Å². The van der Waals surface area contributed by atoms with Gasteiger partial charge in [0.1, 0.15) is 0 Å². The van der Waals surface area contributed by atoms with E-state index in [1.54, 1.807) is 0 Å². The van der Waals surface area contributed by atoms with Crippen LogP contribution >= 0.6 is 0 Å². The largest absolute Gasteiger partial charge is 0.379 e. The molecule has 0 radical (unpaired) electrons. The van der Waals surface area contributed by atoms with Crippen molar-refractivity contribution in [2.75, 3.05) is 19.9 Å². The first-order valence-corrected chi connectivity index (χ1v) is 5.85. The summed E-state index contributed by atoms with van der Waals surface area (Å²) in [5.41, 5.74) is 0. The number of amides is 1. The normalized spacial score (nSPS) is 33.7. The molecule has 2 heterocycles. The molecule has 0 aromatic carbocycles. The van der Waals surface area contributed by atoms with Gasteiger partial charge in [0.15, 0.2) is 0 Å². The Balaban J connectivity index is 1.97. The first-order chi connectivity index (χ1) is 7.24. The summed E-state index contributed by atoms with van der Waals surface area (Å²) >= 11 is 0. The van der Waals surface area contributed by atoms with Crippen LogP contribution in [0.15, 0.2) is 0 Å². The molecule has 15 heavy (non-hydrogen) atoms. The summed E-state index contributed by atoms with van der Waals surface area (Å²) < 4.78 is 5.32. The lowest BCUT2D eigenvalue weighted by Gasteiger charge is -2.22. The molecule has 2 aliphatic heterocycles. The van der Waals surface area contributed by atoms with Gasteiger partial charge >= 0.3 is 0 Å². The minimum absolute atomic E-state index is 0.0237. The Morgan fingerprint density at radius 3 is 3.07 bits per heavy atom. The van der Waals surface area contributed by atoms with E-state index in [0.717, 1.165) is 19.4 Å². The average molecular weight is 212 g/mol. The van der Waals surface area contributed by atoms with Crippen LogP contribution in [0.5, 0.6) is 0 Å². The fourth-order valence-electron chi connectivity index (χ4n) is 2.30. The van der Waals surface area contributed by atoms with Gasteiger partial charge < -0.3 is 9.64 Å². The Morgan fingerprint density at radius 1 is 1.67 bits per heavy atom. The lowest BCUT2D eigenvalue weighted by atomic mass is 9.99. The van der Waals surface area contributed by atoms with Crippen molar-refractivity contribution in [2.45, 2.75) is 38.8 Å². The Kier molecular flexibility index (Phi) is 3.26. The van der Waals surface area contributed by atoms with Crippen LogP contribution in [-0.4, -0.2) is 42.8 Å². The SMILES string of the molecule is CCC(C)C1NCN(C2CCOC2)C1=O. The second-order valence-corrected chi connectivity index (χ2v) is 4.55. The quantitative estimate of drug-likeness (QED) is 0.744. The molecule has 4 nitrogen and oxygen atoms in total. The number of hydrogen-bond acceptors (Lipinski definition) is 3. The highest BCUT2D eigenvalue weighted by Crippen LogP contribution is 2.20. The molecule has 0 spiro atoms.